The van der Waals surface area contributed by atoms with Crippen LogP contribution in [0, 0.1) is 11.3 Å². The highest BCUT2D eigenvalue weighted by atomic mass is 32.2. The lowest BCUT2D eigenvalue weighted by Gasteiger charge is -2.00. The number of thioether (sulfide) groups is 1. The zero-order valence-corrected chi connectivity index (χ0v) is 16.1. The van der Waals surface area contributed by atoms with Crippen LogP contribution in [0.2, 0.25) is 0 Å². The van der Waals surface area contributed by atoms with Crippen LogP contribution < -0.4 is 4.74 Å². The Kier molecular flexibility index (Phi) is 5.18. The third-order valence-electron chi connectivity index (χ3n) is 4.10. The van der Waals surface area contributed by atoms with Crippen molar-refractivity contribution in [2.45, 2.75) is 5.22 Å². The van der Waals surface area contributed by atoms with E-state index in [9.17, 15) is 10.4 Å². The number of aliphatic hydroxyl groups is 1. The fourth-order valence-corrected chi connectivity index (χ4v) is 3.29. The maximum atomic E-state index is 10.4. The molecule has 2 N–H and O–H groups in total. The highest BCUT2D eigenvalue weighted by Crippen LogP contribution is 2.27. The first-order valence-corrected chi connectivity index (χ1v) is 9.54. The second-order valence-corrected chi connectivity index (χ2v) is 6.85. The summed E-state index contributed by atoms with van der Waals surface area (Å²) in [6.45, 7) is 0. The third-order valence-corrected chi connectivity index (χ3v) is 4.93. The van der Waals surface area contributed by atoms with Crippen LogP contribution in [0.15, 0.2) is 63.9 Å². The van der Waals surface area contributed by atoms with E-state index in [1.54, 1.807) is 19.2 Å². The number of ether oxygens (including phenoxy) is 1. The summed E-state index contributed by atoms with van der Waals surface area (Å²) in [7, 11) is 1.59. The minimum atomic E-state index is -0.124. The number of para-hydroxylation sites is 2. The molecule has 8 nitrogen and oxygen atoms in total. The monoisotopic (exact) mass is 405 g/mol. The first kappa shape index (κ1) is 18.6. The van der Waals surface area contributed by atoms with E-state index in [4.69, 9.17) is 9.15 Å². The van der Waals surface area contributed by atoms with Crippen molar-refractivity contribution in [1.29, 1.82) is 5.26 Å². The summed E-state index contributed by atoms with van der Waals surface area (Å²) in [4.78, 5) is 7.39. The summed E-state index contributed by atoms with van der Waals surface area (Å²) in [6.07, 6.45) is 0. The van der Waals surface area contributed by atoms with Gasteiger partial charge in [0.1, 0.15) is 23.2 Å². The molecule has 0 radical (unpaired) electrons. The van der Waals surface area contributed by atoms with Crippen LogP contribution in [-0.4, -0.2) is 38.1 Å². The number of allylic oxidation sites excluding steroid dienone is 1. The fourth-order valence-electron chi connectivity index (χ4n) is 2.65. The predicted octanol–water partition coefficient (Wildman–Crippen LogP) is 4.21. The second kappa shape index (κ2) is 8.08. The zero-order valence-electron chi connectivity index (χ0n) is 15.3. The summed E-state index contributed by atoms with van der Waals surface area (Å²) in [5.41, 5.74) is 2.34. The Morgan fingerprint density at radius 1 is 1.21 bits per heavy atom. The van der Waals surface area contributed by atoms with Crippen molar-refractivity contribution in [1.82, 2.24) is 20.2 Å². The Hall–Kier alpha value is -3.77. The number of hydrogen-bond donors (Lipinski definition) is 2. The number of nitrogens with zero attached hydrogens (tertiary/aromatic N) is 4. The number of fused-ring (bicyclic) bond motifs is 1. The Balaban J connectivity index is 1.50. The van der Waals surface area contributed by atoms with Crippen molar-refractivity contribution in [3.63, 3.8) is 0 Å². The molecule has 29 heavy (non-hydrogen) atoms. The fraction of sp³-hybridized carbons (Fsp3) is 0.100. The van der Waals surface area contributed by atoms with Gasteiger partial charge in [-0.05, 0) is 36.4 Å². The zero-order chi connectivity index (χ0) is 20.2. The summed E-state index contributed by atoms with van der Waals surface area (Å²) >= 11 is 1.13. The quantitative estimate of drug-likeness (QED) is 0.278. The molecule has 0 amide bonds. The number of aromatic nitrogens is 4. The van der Waals surface area contributed by atoms with E-state index in [1.807, 2.05) is 42.5 Å². The van der Waals surface area contributed by atoms with Crippen LogP contribution >= 0.6 is 11.8 Å². The maximum Gasteiger partial charge on any atom is 0.277 e. The molecule has 0 aliphatic heterocycles. The van der Waals surface area contributed by atoms with Gasteiger partial charge in [0.25, 0.3) is 5.22 Å². The molecule has 4 rings (SSSR count). The van der Waals surface area contributed by atoms with Crippen LogP contribution in [-0.2, 0) is 0 Å². The summed E-state index contributed by atoms with van der Waals surface area (Å²) in [6, 6.07) is 16.6. The van der Waals surface area contributed by atoms with E-state index < -0.39 is 0 Å². The van der Waals surface area contributed by atoms with Crippen molar-refractivity contribution >= 4 is 28.4 Å². The lowest BCUT2D eigenvalue weighted by Crippen LogP contribution is -1.95. The van der Waals surface area contributed by atoms with Gasteiger partial charge < -0.3 is 19.2 Å². The molecule has 0 unspecified atom stereocenters. The Morgan fingerprint density at radius 2 is 2.00 bits per heavy atom. The molecule has 0 aliphatic carbocycles. The van der Waals surface area contributed by atoms with E-state index in [2.05, 4.69) is 20.2 Å². The van der Waals surface area contributed by atoms with Gasteiger partial charge in [-0.2, -0.15) is 5.26 Å². The van der Waals surface area contributed by atoms with E-state index in [1.165, 1.54) is 0 Å². The minimum Gasteiger partial charge on any atom is -0.510 e. The number of aliphatic hydroxyl groups excluding tert-OH is 1. The molecule has 144 valence electrons. The molecule has 9 heteroatoms. The smallest absolute Gasteiger partial charge is 0.277 e. The van der Waals surface area contributed by atoms with E-state index in [0.29, 0.717) is 11.7 Å². The van der Waals surface area contributed by atoms with Gasteiger partial charge in [-0.15, -0.1) is 10.2 Å². The van der Waals surface area contributed by atoms with E-state index >= 15 is 0 Å². The molecule has 0 spiro atoms. The third kappa shape index (κ3) is 3.93. The Bertz CT molecular complexity index is 1190. The molecule has 2 aromatic carbocycles. The van der Waals surface area contributed by atoms with Gasteiger partial charge in [-0.3, -0.25) is 0 Å². The highest BCUT2D eigenvalue weighted by Gasteiger charge is 2.15. The Morgan fingerprint density at radius 3 is 2.72 bits per heavy atom. The molecule has 2 heterocycles. The van der Waals surface area contributed by atoms with Gasteiger partial charge >= 0.3 is 0 Å². The average Bonchev–Trinajstić information content (AvgIpc) is 3.40. The number of imidazole rings is 1. The number of nitrogens with one attached hydrogen (secondary N) is 1. The van der Waals surface area contributed by atoms with Crippen molar-refractivity contribution < 1.29 is 14.3 Å². The number of rotatable bonds is 6. The topological polar surface area (TPSA) is 121 Å². The van der Waals surface area contributed by atoms with Crippen LogP contribution in [0.1, 0.15) is 5.82 Å². The number of hydrogen-bond acceptors (Lipinski definition) is 8. The van der Waals surface area contributed by atoms with Crippen molar-refractivity contribution in [3.8, 4) is 23.3 Å². The number of aromatic amines is 1. The van der Waals surface area contributed by atoms with Gasteiger partial charge in [-0.25, -0.2) is 4.98 Å². The van der Waals surface area contributed by atoms with E-state index in [0.717, 1.165) is 34.1 Å². The van der Waals surface area contributed by atoms with Crippen LogP contribution in [0.25, 0.3) is 28.1 Å². The van der Waals surface area contributed by atoms with Crippen LogP contribution in [0.4, 0.5) is 0 Å². The van der Waals surface area contributed by atoms with Crippen molar-refractivity contribution in [3.05, 3.63) is 60.1 Å². The second-order valence-electron chi connectivity index (χ2n) is 5.93. The normalized spacial score (nSPS) is 11.9. The summed E-state index contributed by atoms with van der Waals surface area (Å²) < 4.78 is 10.7. The van der Waals surface area contributed by atoms with Crippen molar-refractivity contribution in [2.24, 2.45) is 0 Å². The van der Waals surface area contributed by atoms with E-state index in [-0.39, 0.29) is 22.3 Å². The lowest BCUT2D eigenvalue weighted by atomic mass is 10.2. The summed E-state index contributed by atoms with van der Waals surface area (Å²) in [5.74, 6) is 1.37. The maximum absolute atomic E-state index is 10.4. The molecule has 2 aromatic heterocycles. The van der Waals surface area contributed by atoms with Crippen LogP contribution in [0.5, 0.6) is 5.75 Å². The number of H-pyrrole nitrogens is 1. The lowest BCUT2D eigenvalue weighted by molar-refractivity contribution is 0.414. The number of nitriles is 1. The largest absolute Gasteiger partial charge is 0.510 e. The molecular formula is C20H15N5O3S. The highest BCUT2D eigenvalue weighted by molar-refractivity contribution is 7.99. The molecule has 0 aliphatic rings. The molecule has 4 aromatic rings. The van der Waals surface area contributed by atoms with Gasteiger partial charge in [-0.1, -0.05) is 23.9 Å². The Labute approximate surface area is 169 Å². The molecule has 0 atom stereocenters. The molecule has 0 saturated carbocycles. The van der Waals surface area contributed by atoms with Gasteiger partial charge in [0.15, 0.2) is 5.82 Å². The van der Waals surface area contributed by atoms with Crippen molar-refractivity contribution in [2.75, 3.05) is 12.9 Å². The standard InChI is InChI=1S/C20H15N5O3S/c1-27-13-8-6-12(7-9-13)19-24-25-20(28-19)29-11-17(26)14(10-21)18-22-15-4-2-3-5-16(15)23-18/h2-9,26H,11H2,1H3,(H,22,23)/b17-14-. The number of methoxy groups -OCH3 is 1. The molecule has 0 saturated heterocycles. The predicted molar refractivity (Wildman–Crippen MR) is 108 cm³/mol. The van der Waals surface area contributed by atoms with Crippen LogP contribution in [0.3, 0.4) is 0 Å². The minimum absolute atomic E-state index is 0.0728. The summed E-state index contributed by atoms with van der Waals surface area (Å²) in [5, 5.41) is 28.1. The van der Waals surface area contributed by atoms with Gasteiger partial charge in [0, 0.05) is 5.56 Å². The molecule has 0 bridgehead atoms. The van der Waals surface area contributed by atoms with Gasteiger partial charge in [0.05, 0.1) is 23.9 Å². The van der Waals surface area contributed by atoms with Gasteiger partial charge in [0.2, 0.25) is 5.89 Å². The first-order chi connectivity index (χ1) is 14.2. The molecular weight excluding hydrogens is 390 g/mol. The number of benzene rings is 2. The molecule has 0 fully saturated rings. The average molecular weight is 405 g/mol. The SMILES string of the molecule is COc1ccc(-c2nnc(SC/C(O)=C(\C#N)c3nc4ccccc4[nH]3)o2)cc1. The first-order valence-electron chi connectivity index (χ1n) is 8.56.